The molecule has 11 nitrogen and oxygen atoms in total. The van der Waals surface area contributed by atoms with Gasteiger partial charge in [-0.05, 0) is 49.2 Å². The van der Waals surface area contributed by atoms with Crippen LogP contribution < -0.4 is 5.32 Å². The maximum Gasteiger partial charge on any atom is 0.737 e. The highest BCUT2D eigenvalue weighted by Crippen LogP contribution is 2.43. The van der Waals surface area contributed by atoms with Crippen LogP contribution in [-0.4, -0.2) is 75.5 Å². The van der Waals surface area contributed by atoms with E-state index in [0.29, 0.717) is 29.2 Å². The Hall–Kier alpha value is -3.68. The molecule has 0 saturated heterocycles. The molecular weight excluding hydrogens is 754 g/mol. The number of aromatic nitrogens is 1. The molecule has 0 aliphatic carbocycles. The number of phosphoric ester groups is 1. The number of phosphoric acid groups is 1. The lowest BCUT2D eigenvalue weighted by molar-refractivity contribution is -0.360. The highest BCUT2D eigenvalue weighted by Gasteiger charge is 2.52. The Labute approximate surface area is 336 Å². The lowest BCUT2D eigenvalue weighted by Crippen LogP contribution is -2.50. The van der Waals surface area contributed by atoms with Crippen molar-refractivity contribution in [1.29, 1.82) is 0 Å². The number of ether oxygens (including phenoxy) is 1. The van der Waals surface area contributed by atoms with Crippen LogP contribution in [0.4, 0.5) is 8.63 Å². The van der Waals surface area contributed by atoms with E-state index >= 15 is 8.63 Å². The number of esters is 1. The zero-order valence-electron chi connectivity index (χ0n) is 33.6. The zero-order valence-corrected chi connectivity index (χ0v) is 34.5. The van der Waals surface area contributed by atoms with Gasteiger partial charge in [0, 0.05) is 49.4 Å². The van der Waals surface area contributed by atoms with Crippen molar-refractivity contribution in [1.82, 2.24) is 9.79 Å². The number of nitrogens with one attached hydrogen (secondary N) is 1. The van der Waals surface area contributed by atoms with Crippen LogP contribution in [0.2, 0.25) is 0 Å². The lowest BCUT2D eigenvalue weighted by atomic mass is 9.90. The summed E-state index contributed by atoms with van der Waals surface area (Å²) in [6.45, 7) is -2.30. The minimum Gasteiger partial charge on any atom is -0.463 e. The molecule has 314 valence electrons. The molecule has 2 atom stereocenters. The van der Waals surface area contributed by atoms with Crippen LogP contribution in [-0.2, 0) is 34.4 Å². The quantitative estimate of drug-likeness (QED) is 0.0336. The molecule has 2 aromatic rings. The van der Waals surface area contributed by atoms with E-state index in [1.165, 1.54) is 64.7 Å². The summed E-state index contributed by atoms with van der Waals surface area (Å²) in [6, 6.07) is 12.6. The Bertz CT molecular complexity index is 1780. The van der Waals surface area contributed by atoms with Crippen molar-refractivity contribution < 1.29 is 51.1 Å². The number of benzene rings is 1. The molecule has 2 unspecified atom stereocenters. The van der Waals surface area contributed by atoms with Gasteiger partial charge in [0.2, 0.25) is 5.91 Å². The van der Waals surface area contributed by atoms with Gasteiger partial charge in [-0.1, -0.05) is 114 Å². The lowest BCUT2D eigenvalue weighted by Gasteiger charge is -2.30. The van der Waals surface area contributed by atoms with Gasteiger partial charge in [-0.2, -0.15) is 0 Å². The molecule has 0 saturated carbocycles. The van der Waals surface area contributed by atoms with Crippen molar-refractivity contribution in [3.05, 3.63) is 83.3 Å². The van der Waals surface area contributed by atoms with Gasteiger partial charge < -0.3 is 37.6 Å². The fraction of sp³-hybridized carbons (Fsp3) is 0.548. The van der Waals surface area contributed by atoms with E-state index in [0.717, 1.165) is 33.8 Å². The van der Waals surface area contributed by atoms with Gasteiger partial charge in [0.15, 0.2) is 11.4 Å². The van der Waals surface area contributed by atoms with Crippen molar-refractivity contribution in [3.8, 4) is 0 Å². The largest absolute Gasteiger partial charge is 0.737 e. The molecule has 3 heterocycles. The Kier molecular flexibility index (Phi) is 18.6. The smallest absolute Gasteiger partial charge is 0.463 e. The van der Waals surface area contributed by atoms with E-state index in [4.69, 9.17) is 13.8 Å². The summed E-state index contributed by atoms with van der Waals surface area (Å²) in [5.74, 6) is -0.923. The molecule has 4 rings (SSSR count). The summed E-state index contributed by atoms with van der Waals surface area (Å²) in [6.07, 6.45) is 24.1. The first-order valence-corrected chi connectivity index (χ1v) is 22.1. The van der Waals surface area contributed by atoms with E-state index in [2.05, 4.69) is 12.2 Å². The highest BCUT2D eigenvalue weighted by molar-refractivity contribution is 7.47. The van der Waals surface area contributed by atoms with Gasteiger partial charge in [-0.3, -0.25) is 18.6 Å². The highest BCUT2D eigenvalue weighted by atomic mass is 31.2. The molecular formula is C42H61BF2N3O8P. The Morgan fingerprint density at radius 1 is 0.877 bits per heavy atom. The van der Waals surface area contributed by atoms with Crippen molar-refractivity contribution in [2.45, 2.75) is 122 Å². The number of carbonyl (C=O) groups is 2. The average Bonchev–Trinajstić information content (AvgIpc) is 3.81. The zero-order chi connectivity index (χ0) is 41.2. The van der Waals surface area contributed by atoms with E-state index in [-0.39, 0.29) is 32.4 Å². The Morgan fingerprint density at radius 2 is 1.53 bits per heavy atom. The molecule has 0 bridgehead atoms. The molecule has 0 spiro atoms. The molecule has 0 radical (unpaired) electrons. The molecule has 2 aliphatic rings. The molecule has 0 fully saturated rings. The number of unbranched alkanes of at least 4 members (excludes halogenated alkanes) is 12. The predicted octanol–water partition coefficient (Wildman–Crippen LogP) is 8.76. The number of nitrogens with zero attached hydrogens (tertiary/aromatic N) is 2. The monoisotopic (exact) mass is 815 g/mol. The van der Waals surface area contributed by atoms with E-state index in [1.807, 2.05) is 30.3 Å². The molecule has 57 heavy (non-hydrogen) atoms. The number of hydrogen-bond acceptors (Lipinski definition) is 7. The number of fused-ring (bicyclic) bond motifs is 2. The summed E-state index contributed by atoms with van der Waals surface area (Å²) in [5, 5.41) is 13.1. The number of hydrogen-bond donors (Lipinski definition) is 3. The second-order valence-corrected chi connectivity index (χ2v) is 16.7. The first-order chi connectivity index (χ1) is 27.3. The molecule has 1 aromatic carbocycles. The maximum absolute atomic E-state index is 16.1. The van der Waals surface area contributed by atoms with Crippen LogP contribution >= 0.6 is 7.82 Å². The van der Waals surface area contributed by atoms with E-state index in [9.17, 15) is 24.2 Å². The molecule has 15 heteroatoms. The number of rotatable bonds is 28. The van der Waals surface area contributed by atoms with E-state index in [1.54, 1.807) is 42.5 Å². The number of halogens is 2. The number of aliphatic hydroxyl groups is 1. The molecule has 2 aliphatic heterocycles. The number of allylic oxidation sites excluding steroid dienone is 3. The van der Waals surface area contributed by atoms with Crippen LogP contribution in [0, 0.1) is 0 Å². The summed E-state index contributed by atoms with van der Waals surface area (Å²) in [7, 11) is -4.62. The van der Waals surface area contributed by atoms with Crippen LogP contribution in [0.15, 0.2) is 66.4 Å². The van der Waals surface area contributed by atoms with Crippen LogP contribution in [0.3, 0.4) is 0 Å². The van der Waals surface area contributed by atoms with Gasteiger partial charge in [0.1, 0.15) is 12.2 Å². The van der Waals surface area contributed by atoms with Crippen LogP contribution in [0.25, 0.3) is 12.2 Å². The third-order valence-corrected chi connectivity index (χ3v) is 11.0. The SMILES string of the molecule is CCCCCCCCCCCCCCCC(=O)OCC(C)(O)COP(=O)(O)OCCNC(=O)CCc1ccc2n1[B-](F)(F)[N+]1=C(/C=C/c3ccccc3)C=CC1=C2. The van der Waals surface area contributed by atoms with Gasteiger partial charge in [0.25, 0.3) is 0 Å². The number of carbonyl (C=O) groups excluding carboxylic acids is 2. The molecule has 3 N–H and O–H groups in total. The van der Waals surface area contributed by atoms with Crippen LogP contribution in [0.1, 0.15) is 127 Å². The third kappa shape index (κ3) is 15.5. The summed E-state index contributed by atoms with van der Waals surface area (Å²) in [4.78, 5) is 34.8. The minimum atomic E-state index is -4.62. The first kappa shape index (κ1) is 46.0. The third-order valence-electron chi connectivity index (χ3n) is 10.0. The van der Waals surface area contributed by atoms with Crippen molar-refractivity contribution >= 4 is 44.5 Å². The Morgan fingerprint density at radius 3 is 2.19 bits per heavy atom. The van der Waals surface area contributed by atoms with Crippen molar-refractivity contribution in [2.24, 2.45) is 0 Å². The van der Waals surface area contributed by atoms with Crippen molar-refractivity contribution in [3.63, 3.8) is 0 Å². The number of aryl methyl sites for hydroxylation is 1. The fourth-order valence-corrected chi connectivity index (χ4v) is 7.73. The van der Waals surface area contributed by atoms with Gasteiger partial charge in [0.05, 0.1) is 13.2 Å². The topological polar surface area (TPSA) is 139 Å². The standard InChI is InChI=1S/C42H61BF2N3O8P/c1-3-4-5-6-7-8-9-10-11-12-13-14-18-21-41(50)54-33-42(2,51)34-56-57(52,53)55-31-30-46-40(49)29-28-37-25-27-39-32-38-26-24-36(47(38)43(44,45)48(37)39)23-22-35-19-16-15-17-20-35/h15-17,19-20,22-27,32,51H,3-14,18,21,28-31,33-34H2,1-2H3,(H,46,49)(H,52,53)/b23-22+. The maximum atomic E-state index is 16.1. The minimum absolute atomic E-state index is 0.0321. The molecule has 1 aromatic heterocycles. The normalized spacial score (nSPS) is 16.6. The fourth-order valence-electron chi connectivity index (χ4n) is 6.89. The van der Waals surface area contributed by atoms with Crippen molar-refractivity contribution in [2.75, 3.05) is 26.4 Å². The van der Waals surface area contributed by atoms with Gasteiger partial charge in [-0.25, -0.2) is 4.57 Å². The van der Waals surface area contributed by atoms with E-state index < -0.39 is 45.5 Å². The molecule has 1 amide bonds. The van der Waals surface area contributed by atoms with Gasteiger partial charge in [-0.15, -0.1) is 0 Å². The average molecular weight is 816 g/mol. The predicted molar refractivity (Wildman–Crippen MR) is 221 cm³/mol. The first-order valence-electron chi connectivity index (χ1n) is 20.6. The summed E-state index contributed by atoms with van der Waals surface area (Å²) in [5.41, 5.74) is 0.517. The second kappa shape index (κ2) is 23.1. The van der Waals surface area contributed by atoms with Crippen LogP contribution in [0.5, 0.6) is 0 Å². The Balaban J connectivity index is 1.08. The number of amides is 1. The van der Waals surface area contributed by atoms with Gasteiger partial charge >= 0.3 is 20.8 Å². The summed E-state index contributed by atoms with van der Waals surface area (Å²) < 4.78 is 61.5. The second-order valence-electron chi connectivity index (χ2n) is 15.2. The summed E-state index contributed by atoms with van der Waals surface area (Å²) >= 11 is 0.